The highest BCUT2D eigenvalue weighted by Crippen LogP contribution is 2.22. The second kappa shape index (κ2) is 7.07. The largest absolute Gasteiger partial charge is 0.316 e. The minimum absolute atomic E-state index is 0.620. The van der Waals surface area contributed by atoms with Gasteiger partial charge in [0.05, 0.1) is 0 Å². The van der Waals surface area contributed by atoms with Gasteiger partial charge >= 0.3 is 0 Å². The Kier molecular flexibility index (Phi) is 5.40. The van der Waals surface area contributed by atoms with Gasteiger partial charge in [-0.3, -0.25) is 0 Å². The van der Waals surface area contributed by atoms with Crippen molar-refractivity contribution in [2.45, 2.75) is 25.7 Å². The van der Waals surface area contributed by atoms with Crippen LogP contribution < -0.4 is 5.32 Å². The van der Waals surface area contributed by atoms with Crippen LogP contribution >= 0.6 is 11.8 Å². The fourth-order valence-electron chi connectivity index (χ4n) is 2.35. The maximum Gasteiger partial charge on any atom is 0.00176 e. The van der Waals surface area contributed by atoms with E-state index in [1.165, 1.54) is 36.5 Å². The van der Waals surface area contributed by atoms with Crippen molar-refractivity contribution in [2.75, 3.05) is 24.6 Å². The second-order valence-corrected chi connectivity index (χ2v) is 6.25. The first-order valence-electron chi connectivity index (χ1n) is 6.69. The first-order chi connectivity index (χ1) is 8.36. The molecule has 1 aromatic carbocycles. The van der Waals surface area contributed by atoms with Crippen molar-refractivity contribution in [3.8, 4) is 0 Å². The van der Waals surface area contributed by atoms with E-state index in [0.29, 0.717) is 5.92 Å². The summed E-state index contributed by atoms with van der Waals surface area (Å²) >= 11 is 2.11. The smallest absolute Gasteiger partial charge is 0.00176 e. The Hall–Kier alpha value is -0.470. The molecule has 1 N–H and O–H groups in total. The fraction of sp³-hybridized carbons (Fsp3) is 0.600. The van der Waals surface area contributed by atoms with Crippen LogP contribution in [-0.2, 0) is 0 Å². The van der Waals surface area contributed by atoms with Gasteiger partial charge in [0.2, 0.25) is 0 Å². The highest BCUT2D eigenvalue weighted by molar-refractivity contribution is 7.99. The van der Waals surface area contributed by atoms with Crippen LogP contribution in [-0.4, -0.2) is 24.6 Å². The van der Waals surface area contributed by atoms with Gasteiger partial charge in [-0.15, -0.1) is 0 Å². The molecule has 1 saturated heterocycles. The summed E-state index contributed by atoms with van der Waals surface area (Å²) < 4.78 is 0. The second-order valence-electron chi connectivity index (χ2n) is 5.03. The quantitative estimate of drug-likeness (QED) is 0.857. The first-order valence-corrected chi connectivity index (χ1v) is 7.85. The molecule has 1 fully saturated rings. The van der Waals surface area contributed by atoms with Gasteiger partial charge < -0.3 is 5.32 Å². The van der Waals surface area contributed by atoms with Gasteiger partial charge in [0.15, 0.2) is 0 Å². The van der Waals surface area contributed by atoms with Gasteiger partial charge in [0, 0.05) is 6.54 Å². The highest BCUT2D eigenvalue weighted by Gasteiger charge is 2.13. The molecule has 94 valence electrons. The van der Waals surface area contributed by atoms with E-state index in [-0.39, 0.29) is 0 Å². The topological polar surface area (TPSA) is 12.0 Å². The van der Waals surface area contributed by atoms with Crippen molar-refractivity contribution in [1.82, 2.24) is 5.32 Å². The van der Waals surface area contributed by atoms with Gasteiger partial charge in [-0.1, -0.05) is 37.3 Å². The highest BCUT2D eigenvalue weighted by atomic mass is 32.2. The van der Waals surface area contributed by atoms with E-state index in [4.69, 9.17) is 0 Å². The fourth-order valence-corrected chi connectivity index (χ4v) is 3.56. The lowest BCUT2D eigenvalue weighted by atomic mass is 10.00. The molecule has 0 aliphatic carbocycles. The lowest BCUT2D eigenvalue weighted by Crippen LogP contribution is -2.28. The number of hydrogen-bond acceptors (Lipinski definition) is 2. The van der Waals surface area contributed by atoms with Gasteiger partial charge in [-0.2, -0.15) is 11.8 Å². The van der Waals surface area contributed by atoms with Crippen LogP contribution in [0.15, 0.2) is 30.3 Å². The molecule has 1 heterocycles. The molecule has 0 aromatic heterocycles. The predicted octanol–water partition coefficient (Wildman–Crippen LogP) is 3.52. The molecule has 17 heavy (non-hydrogen) atoms. The zero-order chi connectivity index (χ0) is 11.9. The molecular formula is C15H23NS. The molecule has 1 aliphatic heterocycles. The van der Waals surface area contributed by atoms with E-state index in [9.17, 15) is 0 Å². The normalized spacial score (nSPS) is 19.1. The van der Waals surface area contributed by atoms with Crippen LogP contribution in [0.4, 0.5) is 0 Å². The van der Waals surface area contributed by atoms with E-state index in [2.05, 4.69) is 54.3 Å². The van der Waals surface area contributed by atoms with Gasteiger partial charge in [0.25, 0.3) is 0 Å². The van der Waals surface area contributed by atoms with Gasteiger partial charge in [0.1, 0.15) is 0 Å². The number of hydrogen-bond donors (Lipinski definition) is 1. The molecule has 2 heteroatoms. The van der Waals surface area contributed by atoms with Crippen molar-refractivity contribution >= 4 is 11.8 Å². The number of nitrogens with one attached hydrogen (secondary N) is 1. The monoisotopic (exact) mass is 249 g/mol. The number of thioether (sulfide) groups is 1. The van der Waals surface area contributed by atoms with Crippen LogP contribution in [0.1, 0.15) is 31.2 Å². The zero-order valence-electron chi connectivity index (χ0n) is 10.7. The Labute approximate surface area is 109 Å². The molecule has 1 aromatic rings. The summed E-state index contributed by atoms with van der Waals surface area (Å²) in [6.45, 7) is 4.62. The molecule has 1 nitrogen and oxygen atoms in total. The molecule has 1 atom stereocenters. The van der Waals surface area contributed by atoms with Gasteiger partial charge in [-0.25, -0.2) is 0 Å². The predicted molar refractivity (Wildman–Crippen MR) is 77.8 cm³/mol. The summed E-state index contributed by atoms with van der Waals surface area (Å²) in [6, 6.07) is 10.8. The average molecular weight is 249 g/mol. The van der Waals surface area contributed by atoms with Crippen LogP contribution in [0.25, 0.3) is 0 Å². The third-order valence-corrected chi connectivity index (χ3v) is 4.64. The van der Waals surface area contributed by atoms with E-state index < -0.39 is 0 Å². The molecule has 0 amide bonds. The van der Waals surface area contributed by atoms with Crippen molar-refractivity contribution in [2.24, 2.45) is 5.92 Å². The Morgan fingerprint density at radius 3 is 2.65 bits per heavy atom. The molecule has 1 aliphatic rings. The first kappa shape index (κ1) is 13.0. The minimum Gasteiger partial charge on any atom is -0.316 e. The van der Waals surface area contributed by atoms with E-state index in [0.717, 1.165) is 12.5 Å². The third kappa shape index (κ3) is 4.36. The molecule has 0 saturated carbocycles. The summed E-state index contributed by atoms with van der Waals surface area (Å²) in [6.07, 6.45) is 2.80. The van der Waals surface area contributed by atoms with Crippen molar-refractivity contribution in [3.05, 3.63) is 35.9 Å². The Morgan fingerprint density at radius 1 is 1.24 bits per heavy atom. The molecule has 0 radical (unpaired) electrons. The Balaban J connectivity index is 1.67. The van der Waals surface area contributed by atoms with Crippen LogP contribution in [0.2, 0.25) is 0 Å². The summed E-state index contributed by atoms with van der Waals surface area (Å²) in [5.41, 5.74) is 1.44. The van der Waals surface area contributed by atoms with Crippen molar-refractivity contribution in [1.29, 1.82) is 0 Å². The van der Waals surface area contributed by atoms with Crippen LogP contribution in [0, 0.1) is 5.92 Å². The SMILES string of the molecule is CC(CNCC1CCSCC1)c1ccccc1. The zero-order valence-corrected chi connectivity index (χ0v) is 11.5. The summed E-state index contributed by atoms with van der Waals surface area (Å²) in [4.78, 5) is 0. The maximum atomic E-state index is 3.64. The van der Waals surface area contributed by atoms with Crippen LogP contribution in [0.3, 0.4) is 0 Å². The average Bonchev–Trinajstić information content (AvgIpc) is 2.41. The molecule has 0 spiro atoms. The number of benzene rings is 1. The summed E-state index contributed by atoms with van der Waals surface area (Å²) in [5, 5.41) is 3.64. The van der Waals surface area contributed by atoms with E-state index in [1.54, 1.807) is 0 Å². The lowest BCUT2D eigenvalue weighted by molar-refractivity contribution is 0.440. The number of rotatable bonds is 5. The maximum absolute atomic E-state index is 3.64. The Morgan fingerprint density at radius 2 is 1.94 bits per heavy atom. The van der Waals surface area contributed by atoms with E-state index in [1.807, 2.05) is 0 Å². The molecular weight excluding hydrogens is 226 g/mol. The Bertz CT molecular complexity index is 306. The van der Waals surface area contributed by atoms with Crippen molar-refractivity contribution in [3.63, 3.8) is 0 Å². The molecule has 2 rings (SSSR count). The van der Waals surface area contributed by atoms with Crippen LogP contribution in [0.5, 0.6) is 0 Å². The lowest BCUT2D eigenvalue weighted by Gasteiger charge is -2.22. The third-order valence-electron chi connectivity index (χ3n) is 3.59. The van der Waals surface area contributed by atoms with Gasteiger partial charge in [-0.05, 0) is 48.3 Å². The molecule has 1 unspecified atom stereocenters. The van der Waals surface area contributed by atoms with Crippen molar-refractivity contribution < 1.29 is 0 Å². The summed E-state index contributed by atoms with van der Waals surface area (Å²) in [7, 11) is 0. The summed E-state index contributed by atoms with van der Waals surface area (Å²) in [5.74, 6) is 4.26. The minimum atomic E-state index is 0.620. The standard InChI is InChI=1S/C15H23NS/c1-13(15-5-3-2-4-6-15)11-16-12-14-7-9-17-10-8-14/h2-6,13-14,16H,7-12H2,1H3. The molecule has 0 bridgehead atoms. The van der Waals surface area contributed by atoms with E-state index >= 15 is 0 Å².